The van der Waals surface area contributed by atoms with Crippen LogP contribution in [0.2, 0.25) is 0 Å². The highest BCUT2D eigenvalue weighted by molar-refractivity contribution is 9.10. The maximum absolute atomic E-state index is 13.9. The summed E-state index contributed by atoms with van der Waals surface area (Å²) in [6.45, 7) is 5.10. The molecule has 0 aliphatic rings. The third-order valence-electron chi connectivity index (χ3n) is 3.04. The predicted molar refractivity (Wildman–Crippen MR) is 86.8 cm³/mol. The van der Waals surface area contributed by atoms with Gasteiger partial charge < -0.3 is 10.1 Å². The lowest BCUT2D eigenvalue weighted by Crippen LogP contribution is -2.21. The minimum absolute atomic E-state index is 0.212. The van der Waals surface area contributed by atoms with Crippen molar-refractivity contribution < 1.29 is 9.13 Å². The summed E-state index contributed by atoms with van der Waals surface area (Å²) in [6, 6.07) is 13.1. The van der Waals surface area contributed by atoms with E-state index in [1.807, 2.05) is 30.3 Å². The van der Waals surface area contributed by atoms with Crippen LogP contribution < -0.4 is 10.1 Å². The van der Waals surface area contributed by atoms with Crippen LogP contribution in [0.15, 0.2) is 46.9 Å². The van der Waals surface area contributed by atoms with Crippen LogP contribution in [0.1, 0.15) is 25.0 Å². The Morgan fingerprint density at radius 2 is 1.95 bits per heavy atom. The van der Waals surface area contributed by atoms with Gasteiger partial charge in [0.1, 0.15) is 18.2 Å². The molecule has 0 aliphatic heterocycles. The lowest BCUT2D eigenvalue weighted by molar-refractivity contribution is 0.298. The minimum atomic E-state index is -0.240. The van der Waals surface area contributed by atoms with E-state index < -0.39 is 0 Å². The second-order valence-corrected chi connectivity index (χ2v) is 6.03. The highest BCUT2D eigenvalue weighted by Gasteiger charge is 2.07. The predicted octanol–water partition coefficient (Wildman–Crippen LogP) is 4.67. The topological polar surface area (TPSA) is 21.3 Å². The maximum atomic E-state index is 13.9. The first-order chi connectivity index (χ1) is 10.1. The van der Waals surface area contributed by atoms with E-state index in [2.05, 4.69) is 35.1 Å². The third kappa shape index (κ3) is 4.83. The first-order valence-corrected chi connectivity index (χ1v) is 7.73. The van der Waals surface area contributed by atoms with Crippen LogP contribution in [0.3, 0.4) is 0 Å². The highest BCUT2D eigenvalue weighted by atomic mass is 79.9. The molecule has 21 heavy (non-hydrogen) atoms. The maximum Gasteiger partial charge on any atom is 0.133 e. The van der Waals surface area contributed by atoms with E-state index in [-0.39, 0.29) is 12.4 Å². The Balaban J connectivity index is 2.05. The Hall–Kier alpha value is -1.39. The van der Waals surface area contributed by atoms with Gasteiger partial charge in [-0.15, -0.1) is 0 Å². The fraction of sp³-hybridized carbons (Fsp3) is 0.294. The van der Waals surface area contributed by atoms with Gasteiger partial charge in [0.15, 0.2) is 0 Å². The summed E-state index contributed by atoms with van der Waals surface area (Å²) in [7, 11) is 0. The van der Waals surface area contributed by atoms with Gasteiger partial charge >= 0.3 is 0 Å². The van der Waals surface area contributed by atoms with Gasteiger partial charge in [0.05, 0.1) is 4.47 Å². The molecule has 2 aromatic carbocycles. The molecule has 0 saturated heterocycles. The number of hydrogen-bond acceptors (Lipinski definition) is 2. The SMILES string of the molecule is CC(C)NCc1ccc(F)c(COc2ccccc2Br)c1. The molecule has 0 saturated carbocycles. The van der Waals surface area contributed by atoms with Crippen molar-refractivity contribution in [3.05, 3.63) is 63.9 Å². The first kappa shape index (κ1) is 16.0. The number of rotatable bonds is 6. The molecule has 2 rings (SSSR count). The number of nitrogens with one attached hydrogen (secondary N) is 1. The summed E-state index contributed by atoms with van der Waals surface area (Å²) >= 11 is 3.41. The Bertz CT molecular complexity index is 601. The molecule has 0 spiro atoms. The summed E-state index contributed by atoms with van der Waals surface area (Å²) in [4.78, 5) is 0. The average Bonchev–Trinajstić information content (AvgIpc) is 2.46. The van der Waals surface area contributed by atoms with Crippen LogP contribution in [0.4, 0.5) is 4.39 Å². The fourth-order valence-electron chi connectivity index (χ4n) is 1.89. The monoisotopic (exact) mass is 351 g/mol. The van der Waals surface area contributed by atoms with Crippen molar-refractivity contribution in [1.82, 2.24) is 5.32 Å². The molecule has 2 aromatic rings. The standard InChI is InChI=1S/C17H19BrFNO/c1-12(2)20-10-13-7-8-16(19)14(9-13)11-21-17-6-4-3-5-15(17)18/h3-9,12,20H,10-11H2,1-2H3. The Labute approximate surface area is 133 Å². The summed E-state index contributed by atoms with van der Waals surface area (Å²) in [6.07, 6.45) is 0. The van der Waals surface area contributed by atoms with E-state index in [1.165, 1.54) is 6.07 Å². The summed E-state index contributed by atoms with van der Waals surface area (Å²) in [5.41, 5.74) is 1.62. The van der Waals surface area contributed by atoms with Crippen LogP contribution >= 0.6 is 15.9 Å². The van der Waals surface area contributed by atoms with Crippen LogP contribution in [0.5, 0.6) is 5.75 Å². The Kier molecular flexibility index (Phi) is 5.76. The molecule has 2 nitrogen and oxygen atoms in total. The van der Waals surface area contributed by atoms with Gasteiger partial charge in [-0.2, -0.15) is 0 Å². The van der Waals surface area contributed by atoms with Crippen molar-refractivity contribution in [3.63, 3.8) is 0 Å². The van der Waals surface area contributed by atoms with E-state index in [0.717, 1.165) is 16.6 Å². The zero-order valence-electron chi connectivity index (χ0n) is 12.2. The van der Waals surface area contributed by atoms with E-state index >= 15 is 0 Å². The number of halogens is 2. The zero-order chi connectivity index (χ0) is 15.2. The molecule has 0 bridgehead atoms. The molecule has 112 valence electrons. The van der Waals surface area contributed by atoms with E-state index in [0.29, 0.717) is 17.4 Å². The van der Waals surface area contributed by atoms with Crippen LogP contribution in [0.25, 0.3) is 0 Å². The normalized spacial score (nSPS) is 10.9. The number of ether oxygens (including phenoxy) is 1. The molecule has 0 fully saturated rings. The quantitative estimate of drug-likeness (QED) is 0.816. The lowest BCUT2D eigenvalue weighted by atomic mass is 10.1. The van der Waals surface area contributed by atoms with Gasteiger partial charge in [-0.25, -0.2) is 4.39 Å². The second kappa shape index (κ2) is 7.57. The minimum Gasteiger partial charge on any atom is -0.488 e. The summed E-state index contributed by atoms with van der Waals surface area (Å²) < 4.78 is 20.4. The zero-order valence-corrected chi connectivity index (χ0v) is 13.8. The lowest BCUT2D eigenvalue weighted by Gasteiger charge is -2.12. The van der Waals surface area contributed by atoms with Gasteiger partial charge in [-0.05, 0) is 45.8 Å². The van der Waals surface area contributed by atoms with Gasteiger partial charge in [0.25, 0.3) is 0 Å². The molecular formula is C17H19BrFNO. The molecular weight excluding hydrogens is 333 g/mol. The van der Waals surface area contributed by atoms with Crippen molar-refractivity contribution in [1.29, 1.82) is 0 Å². The number of hydrogen-bond donors (Lipinski definition) is 1. The summed E-state index contributed by atoms with van der Waals surface area (Å²) in [5, 5.41) is 3.32. The molecule has 0 aliphatic carbocycles. The van der Waals surface area contributed by atoms with Gasteiger partial charge in [-0.1, -0.05) is 32.0 Å². The largest absolute Gasteiger partial charge is 0.488 e. The molecule has 1 N–H and O–H groups in total. The van der Waals surface area contributed by atoms with E-state index in [1.54, 1.807) is 6.07 Å². The molecule has 4 heteroatoms. The fourth-order valence-corrected chi connectivity index (χ4v) is 2.29. The van der Waals surface area contributed by atoms with Crippen molar-refractivity contribution in [2.24, 2.45) is 0 Å². The van der Waals surface area contributed by atoms with Gasteiger partial charge in [0.2, 0.25) is 0 Å². The molecule has 0 atom stereocenters. The second-order valence-electron chi connectivity index (χ2n) is 5.18. The Morgan fingerprint density at radius 1 is 1.19 bits per heavy atom. The number of para-hydroxylation sites is 1. The van der Waals surface area contributed by atoms with E-state index in [4.69, 9.17) is 4.74 Å². The van der Waals surface area contributed by atoms with Crippen LogP contribution in [-0.2, 0) is 13.2 Å². The number of benzene rings is 2. The van der Waals surface area contributed by atoms with Crippen molar-refractivity contribution in [2.45, 2.75) is 33.0 Å². The van der Waals surface area contributed by atoms with Gasteiger partial charge in [0, 0.05) is 18.2 Å². The Morgan fingerprint density at radius 3 is 2.67 bits per heavy atom. The van der Waals surface area contributed by atoms with Crippen LogP contribution in [0, 0.1) is 5.82 Å². The molecule has 0 radical (unpaired) electrons. The van der Waals surface area contributed by atoms with Gasteiger partial charge in [-0.3, -0.25) is 0 Å². The average molecular weight is 352 g/mol. The highest BCUT2D eigenvalue weighted by Crippen LogP contribution is 2.25. The van der Waals surface area contributed by atoms with E-state index in [9.17, 15) is 4.39 Å². The smallest absolute Gasteiger partial charge is 0.133 e. The molecule has 0 heterocycles. The molecule has 0 unspecified atom stereocenters. The van der Waals surface area contributed by atoms with Crippen molar-refractivity contribution in [3.8, 4) is 5.75 Å². The van der Waals surface area contributed by atoms with Crippen molar-refractivity contribution >= 4 is 15.9 Å². The third-order valence-corrected chi connectivity index (χ3v) is 3.70. The molecule has 0 amide bonds. The van der Waals surface area contributed by atoms with Crippen LogP contribution in [-0.4, -0.2) is 6.04 Å². The molecule has 0 aromatic heterocycles. The van der Waals surface area contributed by atoms with Crippen molar-refractivity contribution in [2.75, 3.05) is 0 Å². The first-order valence-electron chi connectivity index (χ1n) is 6.94. The summed E-state index contributed by atoms with van der Waals surface area (Å²) in [5.74, 6) is 0.470.